The molecular formula is C22H27F2N5O2S. The number of thiazole rings is 1. The van der Waals surface area contributed by atoms with Gasteiger partial charge in [-0.15, -0.1) is 0 Å². The molecule has 1 aliphatic rings. The first-order valence-corrected chi connectivity index (χ1v) is 11.6. The summed E-state index contributed by atoms with van der Waals surface area (Å²) in [5.74, 6) is -1.70. The number of morpholine rings is 1. The monoisotopic (exact) mass is 463 g/mol. The fourth-order valence-corrected chi connectivity index (χ4v) is 4.90. The van der Waals surface area contributed by atoms with Crippen molar-refractivity contribution >= 4 is 32.6 Å². The van der Waals surface area contributed by atoms with E-state index >= 15 is 0 Å². The topological polar surface area (TPSA) is 63.5 Å². The summed E-state index contributed by atoms with van der Waals surface area (Å²) in [4.78, 5) is 21.6. The van der Waals surface area contributed by atoms with Gasteiger partial charge in [0.2, 0.25) is 0 Å². The lowest BCUT2D eigenvalue weighted by atomic mass is 10.3. The van der Waals surface area contributed by atoms with Crippen molar-refractivity contribution in [3.05, 3.63) is 41.2 Å². The molecule has 2 aromatic heterocycles. The van der Waals surface area contributed by atoms with Crippen molar-refractivity contribution in [2.75, 3.05) is 44.3 Å². The number of fused-ring (bicyclic) bond motifs is 1. The molecule has 0 aliphatic carbocycles. The molecule has 1 aromatic carbocycles. The van der Waals surface area contributed by atoms with Gasteiger partial charge in [-0.2, -0.15) is 5.10 Å². The average Bonchev–Trinajstić information content (AvgIpc) is 3.35. The van der Waals surface area contributed by atoms with Crippen LogP contribution >= 0.6 is 11.3 Å². The van der Waals surface area contributed by atoms with Gasteiger partial charge >= 0.3 is 0 Å². The van der Waals surface area contributed by atoms with E-state index in [-0.39, 0.29) is 17.5 Å². The highest BCUT2D eigenvalue weighted by molar-refractivity contribution is 7.22. The van der Waals surface area contributed by atoms with E-state index in [1.807, 2.05) is 20.8 Å². The molecule has 0 radical (unpaired) electrons. The Morgan fingerprint density at radius 2 is 2.00 bits per heavy atom. The maximum absolute atomic E-state index is 14.3. The number of hydrogen-bond acceptors (Lipinski definition) is 6. The Kier molecular flexibility index (Phi) is 6.82. The Hall–Kier alpha value is -2.43. The zero-order valence-corrected chi connectivity index (χ0v) is 19.3. The van der Waals surface area contributed by atoms with Crippen LogP contribution in [0.4, 0.5) is 13.9 Å². The Bertz CT molecular complexity index is 1110. The number of ether oxygens (including phenoxy) is 1. The second kappa shape index (κ2) is 9.60. The van der Waals surface area contributed by atoms with Crippen molar-refractivity contribution in [2.24, 2.45) is 0 Å². The lowest BCUT2D eigenvalue weighted by molar-refractivity contribution is 0.0376. The number of carbonyl (C=O) groups is 1. The van der Waals surface area contributed by atoms with Crippen LogP contribution in [0.2, 0.25) is 0 Å². The number of halogens is 2. The summed E-state index contributed by atoms with van der Waals surface area (Å²) in [6.07, 6.45) is 0.711. The third-order valence-electron chi connectivity index (χ3n) is 5.47. The highest BCUT2D eigenvalue weighted by atomic mass is 32.1. The highest BCUT2D eigenvalue weighted by Gasteiger charge is 2.25. The maximum Gasteiger partial charge on any atom is 0.280 e. The minimum atomic E-state index is -0.733. The van der Waals surface area contributed by atoms with Crippen LogP contribution in [0.3, 0.4) is 0 Å². The number of amides is 1. The van der Waals surface area contributed by atoms with Crippen LogP contribution in [0.1, 0.15) is 42.5 Å². The summed E-state index contributed by atoms with van der Waals surface area (Å²) in [6, 6.07) is 3.92. The molecule has 7 nitrogen and oxygen atoms in total. The van der Waals surface area contributed by atoms with E-state index in [0.29, 0.717) is 41.7 Å². The molecule has 0 saturated carbocycles. The van der Waals surface area contributed by atoms with Crippen LogP contribution in [0.25, 0.3) is 10.2 Å². The molecule has 32 heavy (non-hydrogen) atoms. The summed E-state index contributed by atoms with van der Waals surface area (Å²) in [6.45, 7) is 10.2. The van der Waals surface area contributed by atoms with Gasteiger partial charge in [-0.1, -0.05) is 11.3 Å². The number of aromatic nitrogens is 3. The molecule has 0 bridgehead atoms. The molecule has 0 atom stereocenters. The number of anilines is 1. The van der Waals surface area contributed by atoms with E-state index in [9.17, 15) is 13.6 Å². The fourth-order valence-electron chi connectivity index (χ4n) is 3.88. The Labute approximate surface area is 189 Å². The first kappa shape index (κ1) is 22.8. The molecule has 172 valence electrons. The molecular weight excluding hydrogens is 436 g/mol. The van der Waals surface area contributed by atoms with Gasteiger partial charge in [-0.3, -0.25) is 19.3 Å². The van der Waals surface area contributed by atoms with Crippen LogP contribution in [-0.4, -0.2) is 65.0 Å². The van der Waals surface area contributed by atoms with Crippen molar-refractivity contribution in [2.45, 2.75) is 33.2 Å². The summed E-state index contributed by atoms with van der Waals surface area (Å²) in [5, 5.41) is 4.82. The predicted octanol–water partition coefficient (Wildman–Crippen LogP) is 4.03. The lowest BCUT2D eigenvalue weighted by Crippen LogP contribution is -2.39. The minimum absolute atomic E-state index is 0.0706. The predicted molar refractivity (Wildman–Crippen MR) is 120 cm³/mol. The Morgan fingerprint density at radius 3 is 2.69 bits per heavy atom. The first-order valence-electron chi connectivity index (χ1n) is 10.8. The van der Waals surface area contributed by atoms with E-state index < -0.39 is 11.6 Å². The van der Waals surface area contributed by atoms with Crippen LogP contribution in [0.5, 0.6) is 0 Å². The smallest absolute Gasteiger partial charge is 0.280 e. The van der Waals surface area contributed by atoms with Crippen molar-refractivity contribution in [3.8, 4) is 0 Å². The summed E-state index contributed by atoms with van der Waals surface area (Å²) < 4.78 is 35.5. The standard InChI is InChI=1S/C22H27F2N5O2S/c1-14(2)29-15(3)11-18(26-29)21(30)28(6-4-5-27-7-9-31-10-8-27)22-25-20-17(24)12-16(23)13-19(20)32-22/h11-14H,4-10H2,1-3H3. The first-order chi connectivity index (χ1) is 15.3. The van der Waals surface area contributed by atoms with Crippen molar-refractivity contribution in [1.29, 1.82) is 0 Å². The van der Waals surface area contributed by atoms with E-state index in [1.54, 1.807) is 10.7 Å². The molecule has 4 rings (SSSR count). The molecule has 3 heterocycles. The van der Waals surface area contributed by atoms with Crippen LogP contribution < -0.4 is 4.90 Å². The second-order valence-electron chi connectivity index (χ2n) is 8.20. The normalized spacial score (nSPS) is 15.1. The van der Waals surface area contributed by atoms with Crippen molar-refractivity contribution < 1.29 is 18.3 Å². The van der Waals surface area contributed by atoms with E-state index in [1.165, 1.54) is 11.0 Å². The molecule has 0 N–H and O–H groups in total. The number of nitrogens with zero attached hydrogens (tertiary/aromatic N) is 5. The van der Waals surface area contributed by atoms with Gasteiger partial charge in [-0.25, -0.2) is 13.8 Å². The zero-order valence-electron chi connectivity index (χ0n) is 18.5. The minimum Gasteiger partial charge on any atom is -0.379 e. The molecule has 0 unspecified atom stereocenters. The number of hydrogen-bond donors (Lipinski definition) is 0. The van der Waals surface area contributed by atoms with Crippen molar-refractivity contribution in [3.63, 3.8) is 0 Å². The number of carbonyl (C=O) groups excluding carboxylic acids is 1. The van der Waals surface area contributed by atoms with Gasteiger partial charge in [0.1, 0.15) is 11.3 Å². The number of aryl methyl sites for hydroxylation is 1. The summed E-state index contributed by atoms with van der Waals surface area (Å²) in [5.41, 5.74) is 1.27. The third kappa shape index (κ3) is 4.82. The lowest BCUT2D eigenvalue weighted by Gasteiger charge is -2.27. The highest BCUT2D eigenvalue weighted by Crippen LogP contribution is 2.32. The van der Waals surface area contributed by atoms with Gasteiger partial charge < -0.3 is 4.74 Å². The van der Waals surface area contributed by atoms with Gasteiger partial charge in [0.05, 0.1) is 17.9 Å². The fraction of sp³-hybridized carbons (Fsp3) is 0.500. The van der Waals surface area contributed by atoms with Gasteiger partial charge in [0.25, 0.3) is 5.91 Å². The second-order valence-corrected chi connectivity index (χ2v) is 9.21. The number of rotatable bonds is 7. The van der Waals surface area contributed by atoms with Crippen LogP contribution in [-0.2, 0) is 4.74 Å². The number of benzene rings is 1. The SMILES string of the molecule is Cc1cc(C(=O)N(CCCN2CCOCC2)c2nc3c(F)cc(F)cc3s2)nn1C(C)C. The van der Waals surface area contributed by atoms with Crippen LogP contribution in [0, 0.1) is 18.6 Å². The summed E-state index contributed by atoms with van der Waals surface area (Å²) in [7, 11) is 0. The van der Waals surface area contributed by atoms with E-state index in [4.69, 9.17) is 4.74 Å². The molecule has 3 aromatic rings. The van der Waals surface area contributed by atoms with Gasteiger partial charge in [-0.05, 0) is 39.3 Å². The van der Waals surface area contributed by atoms with E-state index in [0.717, 1.165) is 42.7 Å². The van der Waals surface area contributed by atoms with Gasteiger partial charge in [0.15, 0.2) is 16.6 Å². The molecule has 0 spiro atoms. The Balaban J connectivity index is 1.62. The summed E-state index contributed by atoms with van der Waals surface area (Å²) >= 11 is 1.11. The molecule has 10 heteroatoms. The molecule has 1 saturated heterocycles. The Morgan fingerprint density at radius 1 is 1.25 bits per heavy atom. The third-order valence-corrected chi connectivity index (χ3v) is 6.49. The van der Waals surface area contributed by atoms with Gasteiger partial charge in [0, 0.05) is 44.0 Å². The zero-order chi connectivity index (χ0) is 22.8. The molecule has 1 fully saturated rings. The quantitative estimate of drug-likeness (QED) is 0.529. The average molecular weight is 464 g/mol. The molecule has 1 amide bonds. The van der Waals surface area contributed by atoms with E-state index in [2.05, 4.69) is 15.0 Å². The maximum atomic E-state index is 14.3. The molecule has 1 aliphatic heterocycles. The van der Waals surface area contributed by atoms with Crippen molar-refractivity contribution in [1.82, 2.24) is 19.7 Å². The van der Waals surface area contributed by atoms with Crippen LogP contribution in [0.15, 0.2) is 18.2 Å². The largest absolute Gasteiger partial charge is 0.379 e.